The molecule has 3 aromatic rings. The van der Waals surface area contributed by atoms with Gasteiger partial charge < -0.3 is 29.7 Å². The highest BCUT2D eigenvalue weighted by molar-refractivity contribution is 6.02. The van der Waals surface area contributed by atoms with Gasteiger partial charge in [-0.15, -0.1) is 0 Å². The zero-order chi connectivity index (χ0) is 27.2. The molecule has 202 valence electrons. The molecule has 0 spiro atoms. The Morgan fingerprint density at radius 3 is 2.63 bits per heavy atom. The minimum Gasteiger partial charge on any atom is -0.494 e. The fraction of sp³-hybridized carbons (Fsp3) is 0.414. The molecule has 9 nitrogen and oxygen atoms in total. The number of aryl methyl sites for hydroxylation is 2. The van der Waals surface area contributed by atoms with Crippen LogP contribution in [0.5, 0.6) is 5.75 Å². The fourth-order valence-corrected chi connectivity index (χ4v) is 4.94. The average molecular weight is 518 g/mol. The zero-order valence-electron chi connectivity index (χ0n) is 23.1. The Labute approximate surface area is 225 Å². The summed E-state index contributed by atoms with van der Waals surface area (Å²) in [6, 6.07) is 6.47. The molecule has 0 bridgehead atoms. The molecule has 1 saturated heterocycles. The number of carbonyl (C=O) groups excluding carboxylic acids is 1. The van der Waals surface area contributed by atoms with E-state index in [4.69, 9.17) is 9.72 Å². The first-order valence-electron chi connectivity index (χ1n) is 13.1. The molecule has 0 unspecified atom stereocenters. The molecule has 2 N–H and O–H groups in total. The first-order valence-corrected chi connectivity index (χ1v) is 13.1. The van der Waals surface area contributed by atoms with Crippen molar-refractivity contribution in [3.05, 3.63) is 55.0 Å². The molecule has 3 heterocycles. The third-order valence-electron chi connectivity index (χ3n) is 7.03. The summed E-state index contributed by atoms with van der Waals surface area (Å²) in [5.41, 5.74) is 5.33. The van der Waals surface area contributed by atoms with Crippen molar-refractivity contribution >= 4 is 28.9 Å². The molecule has 0 radical (unpaired) electrons. The lowest BCUT2D eigenvalue weighted by molar-refractivity contribution is -0.111. The van der Waals surface area contributed by atoms with Crippen molar-refractivity contribution in [1.29, 1.82) is 0 Å². The molecule has 1 fully saturated rings. The second-order valence-electron chi connectivity index (χ2n) is 9.95. The van der Waals surface area contributed by atoms with Gasteiger partial charge in [0, 0.05) is 56.4 Å². The number of nitrogens with one attached hydrogen (secondary N) is 2. The smallest absolute Gasteiger partial charge is 0.247 e. The number of carbonyl (C=O) groups is 1. The normalized spacial score (nSPS) is 14.0. The van der Waals surface area contributed by atoms with Crippen LogP contribution in [-0.2, 0) is 18.3 Å². The number of benzene rings is 1. The highest BCUT2D eigenvalue weighted by atomic mass is 16.5. The zero-order valence-corrected chi connectivity index (χ0v) is 23.1. The summed E-state index contributed by atoms with van der Waals surface area (Å²) in [6.07, 6.45) is 11.2. The molecule has 1 aliphatic rings. The van der Waals surface area contributed by atoms with E-state index in [1.807, 2.05) is 36.1 Å². The Morgan fingerprint density at radius 2 is 2.03 bits per heavy atom. The fourth-order valence-electron chi connectivity index (χ4n) is 4.94. The lowest BCUT2D eigenvalue weighted by Crippen LogP contribution is -2.42. The van der Waals surface area contributed by atoms with Crippen molar-refractivity contribution in [3.8, 4) is 17.0 Å². The maximum atomic E-state index is 12.4. The van der Waals surface area contributed by atoms with E-state index in [-0.39, 0.29) is 5.91 Å². The first-order chi connectivity index (χ1) is 18.3. The standard InChI is InChI=1S/C29H39N7O2/c1-7-9-20-18-30-29(33-28(20)21-10-13-35(5)19-21)32-24-16-23(31-27(37)8-2)25(17-26(24)38-6)36-14-11-22(12-15-36)34(3)4/h8,10,13,16-19,22H,2,7,9,11-12,14-15H2,1,3-6H3,(H,31,37)(H,30,32,33). The number of anilines is 4. The van der Waals surface area contributed by atoms with Crippen molar-refractivity contribution in [1.82, 2.24) is 19.4 Å². The molecule has 1 aliphatic heterocycles. The molecule has 1 aromatic carbocycles. The van der Waals surface area contributed by atoms with E-state index in [1.165, 1.54) is 6.08 Å². The van der Waals surface area contributed by atoms with Crippen LogP contribution in [0.1, 0.15) is 31.7 Å². The molecule has 0 aliphatic carbocycles. The van der Waals surface area contributed by atoms with Gasteiger partial charge >= 0.3 is 0 Å². The molecule has 9 heteroatoms. The predicted octanol–water partition coefficient (Wildman–Crippen LogP) is 4.84. The average Bonchev–Trinajstić information content (AvgIpc) is 3.35. The molecular weight excluding hydrogens is 478 g/mol. The summed E-state index contributed by atoms with van der Waals surface area (Å²) in [5.74, 6) is 0.841. The molecule has 1 amide bonds. The summed E-state index contributed by atoms with van der Waals surface area (Å²) in [6.45, 7) is 7.54. The van der Waals surface area contributed by atoms with Crippen LogP contribution in [0.25, 0.3) is 11.3 Å². The Kier molecular flexibility index (Phi) is 8.68. The number of methoxy groups -OCH3 is 1. The van der Waals surface area contributed by atoms with Crippen molar-refractivity contribution in [3.63, 3.8) is 0 Å². The van der Waals surface area contributed by atoms with Gasteiger partial charge in [0.1, 0.15) is 5.75 Å². The Morgan fingerprint density at radius 1 is 1.26 bits per heavy atom. The largest absolute Gasteiger partial charge is 0.494 e. The number of aromatic nitrogens is 3. The van der Waals surface area contributed by atoms with E-state index in [1.54, 1.807) is 7.11 Å². The van der Waals surface area contributed by atoms with Crippen LogP contribution in [0.4, 0.5) is 23.0 Å². The van der Waals surface area contributed by atoms with Crippen LogP contribution >= 0.6 is 0 Å². The summed E-state index contributed by atoms with van der Waals surface area (Å²) < 4.78 is 7.80. The topological polar surface area (TPSA) is 87.5 Å². The summed E-state index contributed by atoms with van der Waals surface area (Å²) in [4.78, 5) is 26.4. The summed E-state index contributed by atoms with van der Waals surface area (Å²) in [5, 5.41) is 6.32. The minimum absolute atomic E-state index is 0.267. The van der Waals surface area contributed by atoms with Crippen molar-refractivity contribution < 1.29 is 9.53 Å². The molecule has 0 atom stereocenters. The predicted molar refractivity (Wildman–Crippen MR) is 154 cm³/mol. The van der Waals surface area contributed by atoms with Crippen LogP contribution in [0.2, 0.25) is 0 Å². The third kappa shape index (κ3) is 6.16. The number of piperidine rings is 1. The van der Waals surface area contributed by atoms with Gasteiger partial charge in [-0.1, -0.05) is 19.9 Å². The van der Waals surface area contributed by atoms with E-state index >= 15 is 0 Å². The lowest BCUT2D eigenvalue weighted by Gasteiger charge is -2.37. The number of ether oxygens (including phenoxy) is 1. The monoisotopic (exact) mass is 517 g/mol. The molecule has 0 saturated carbocycles. The Bertz CT molecular complexity index is 1280. The second-order valence-corrected chi connectivity index (χ2v) is 9.95. The van der Waals surface area contributed by atoms with Gasteiger partial charge in [0.2, 0.25) is 11.9 Å². The van der Waals surface area contributed by atoms with Crippen LogP contribution in [0, 0.1) is 0 Å². The second kappa shape index (κ2) is 12.1. The maximum Gasteiger partial charge on any atom is 0.247 e. The molecule has 2 aromatic heterocycles. The van der Waals surface area contributed by atoms with Crippen molar-refractivity contribution in [2.24, 2.45) is 7.05 Å². The molecule has 38 heavy (non-hydrogen) atoms. The van der Waals surface area contributed by atoms with E-state index in [9.17, 15) is 4.79 Å². The van der Waals surface area contributed by atoms with Crippen LogP contribution < -0.4 is 20.3 Å². The molecular formula is C29H39N7O2. The third-order valence-corrected chi connectivity index (χ3v) is 7.03. The number of amides is 1. The van der Waals surface area contributed by atoms with Gasteiger partial charge in [-0.25, -0.2) is 9.97 Å². The van der Waals surface area contributed by atoms with Crippen LogP contribution in [0.3, 0.4) is 0 Å². The summed E-state index contributed by atoms with van der Waals surface area (Å²) in [7, 11) is 7.89. The van der Waals surface area contributed by atoms with E-state index in [0.29, 0.717) is 29.1 Å². The van der Waals surface area contributed by atoms with E-state index in [0.717, 1.165) is 61.3 Å². The van der Waals surface area contributed by atoms with Crippen molar-refractivity contribution in [2.75, 3.05) is 49.8 Å². The van der Waals surface area contributed by atoms with E-state index < -0.39 is 0 Å². The van der Waals surface area contributed by atoms with Crippen LogP contribution in [0.15, 0.2) is 49.4 Å². The summed E-state index contributed by atoms with van der Waals surface area (Å²) >= 11 is 0. The number of hydrogen-bond donors (Lipinski definition) is 2. The van der Waals surface area contributed by atoms with Gasteiger partial charge in [-0.2, -0.15) is 0 Å². The lowest BCUT2D eigenvalue weighted by atomic mass is 10.0. The Hall–Kier alpha value is -3.85. The van der Waals surface area contributed by atoms with E-state index in [2.05, 4.69) is 65.3 Å². The number of rotatable bonds is 10. The number of nitrogens with zero attached hydrogens (tertiary/aromatic N) is 5. The number of hydrogen-bond acceptors (Lipinski definition) is 7. The van der Waals surface area contributed by atoms with Crippen molar-refractivity contribution in [2.45, 2.75) is 38.6 Å². The Balaban J connectivity index is 1.69. The quantitative estimate of drug-likeness (QED) is 0.372. The van der Waals surface area contributed by atoms with Gasteiger partial charge in [-0.3, -0.25) is 4.79 Å². The first kappa shape index (κ1) is 27.2. The highest BCUT2D eigenvalue weighted by Gasteiger charge is 2.24. The van der Waals surface area contributed by atoms with Gasteiger partial charge in [0.15, 0.2) is 0 Å². The molecule has 4 rings (SSSR count). The SMILES string of the molecule is C=CC(=O)Nc1cc(Nc2ncc(CCC)c(-c3ccn(C)c3)n2)c(OC)cc1N1CCC(N(C)C)CC1. The minimum atomic E-state index is -0.267. The van der Waals surface area contributed by atoms with Crippen LogP contribution in [-0.4, -0.2) is 65.7 Å². The van der Waals surface area contributed by atoms with Gasteiger partial charge in [0.25, 0.3) is 0 Å². The van der Waals surface area contributed by atoms with Gasteiger partial charge in [-0.05, 0) is 57.1 Å². The maximum absolute atomic E-state index is 12.4. The highest BCUT2D eigenvalue weighted by Crippen LogP contribution is 2.39. The van der Waals surface area contributed by atoms with Gasteiger partial charge in [0.05, 0.1) is 29.9 Å².